The molecule has 24 heavy (non-hydrogen) atoms. The molecule has 0 unspecified atom stereocenters. The van der Waals surface area contributed by atoms with E-state index in [4.69, 9.17) is 4.42 Å². The summed E-state index contributed by atoms with van der Waals surface area (Å²) in [5, 5.41) is 0.534. The number of esters is 1. The van der Waals surface area contributed by atoms with E-state index in [-0.39, 0.29) is 11.8 Å². The molecule has 0 saturated carbocycles. The Bertz CT molecular complexity index is 828. The molecule has 4 nitrogen and oxygen atoms in total. The van der Waals surface area contributed by atoms with Gasteiger partial charge in [0, 0.05) is 11.3 Å². The number of nitrogens with zero attached hydrogens (tertiary/aromatic N) is 1. The second-order valence-corrected chi connectivity index (χ2v) is 5.90. The van der Waals surface area contributed by atoms with E-state index in [1.165, 1.54) is 31.0 Å². The highest BCUT2D eigenvalue weighted by Gasteiger charge is 2.08. The van der Waals surface area contributed by atoms with Crippen LogP contribution in [-0.2, 0) is 10.5 Å². The van der Waals surface area contributed by atoms with E-state index >= 15 is 0 Å². The summed E-state index contributed by atoms with van der Waals surface area (Å²) in [6.07, 6.45) is 1.62. The Labute approximate surface area is 142 Å². The number of thioether (sulfide) groups is 1. The molecule has 122 valence electrons. The molecule has 0 aliphatic rings. The zero-order chi connectivity index (χ0) is 16.9. The van der Waals surface area contributed by atoms with Crippen molar-refractivity contribution in [1.82, 2.24) is 4.98 Å². The summed E-state index contributed by atoms with van der Waals surface area (Å²) in [7, 11) is 1.35. The highest BCUT2D eigenvalue weighted by atomic mass is 32.2. The number of carbonyl (C=O) groups excluding carboxylic acids is 1. The van der Waals surface area contributed by atoms with Crippen molar-refractivity contribution >= 4 is 17.7 Å². The van der Waals surface area contributed by atoms with E-state index < -0.39 is 0 Å². The Morgan fingerprint density at radius 3 is 2.54 bits per heavy atom. The molecule has 0 saturated heterocycles. The van der Waals surface area contributed by atoms with Crippen LogP contribution in [0.4, 0.5) is 4.39 Å². The maximum atomic E-state index is 12.9. The topological polar surface area (TPSA) is 52.3 Å². The van der Waals surface area contributed by atoms with Crippen molar-refractivity contribution < 1.29 is 18.3 Å². The lowest BCUT2D eigenvalue weighted by Gasteiger charge is -2.01. The minimum absolute atomic E-state index is 0.289. The number of rotatable bonds is 5. The van der Waals surface area contributed by atoms with Gasteiger partial charge in [-0.25, -0.2) is 14.2 Å². The number of methoxy groups -OCH3 is 1. The van der Waals surface area contributed by atoms with Crippen LogP contribution in [0.25, 0.3) is 11.3 Å². The second kappa shape index (κ2) is 7.31. The summed E-state index contributed by atoms with van der Waals surface area (Å²) in [6.45, 7) is 0. The third-order valence-electron chi connectivity index (χ3n) is 3.35. The molecule has 0 N–H and O–H groups in total. The van der Waals surface area contributed by atoms with Gasteiger partial charge < -0.3 is 9.15 Å². The molecule has 6 heteroatoms. The van der Waals surface area contributed by atoms with Gasteiger partial charge in [0.2, 0.25) is 0 Å². The molecule has 0 fully saturated rings. The van der Waals surface area contributed by atoms with Crippen molar-refractivity contribution in [2.75, 3.05) is 7.11 Å². The van der Waals surface area contributed by atoms with Gasteiger partial charge in [-0.15, -0.1) is 0 Å². The molecule has 0 aliphatic heterocycles. The fraction of sp³-hybridized carbons (Fsp3) is 0.111. The number of benzene rings is 2. The minimum Gasteiger partial charge on any atom is -0.465 e. The molecule has 0 amide bonds. The van der Waals surface area contributed by atoms with Crippen LogP contribution in [-0.4, -0.2) is 18.1 Å². The van der Waals surface area contributed by atoms with Gasteiger partial charge in [0.25, 0.3) is 5.22 Å². The normalized spacial score (nSPS) is 10.6. The van der Waals surface area contributed by atoms with Crippen LogP contribution in [0.2, 0.25) is 0 Å². The molecular formula is C18H14FNO3S. The van der Waals surface area contributed by atoms with Gasteiger partial charge in [-0.05, 0) is 42.0 Å². The number of hydrogen-bond acceptors (Lipinski definition) is 5. The lowest BCUT2D eigenvalue weighted by atomic mass is 10.1. The quantitative estimate of drug-likeness (QED) is 0.502. The van der Waals surface area contributed by atoms with Crippen molar-refractivity contribution in [3.05, 3.63) is 71.7 Å². The molecular weight excluding hydrogens is 329 g/mol. The predicted octanol–water partition coefficient (Wildman–Crippen LogP) is 4.56. The first-order chi connectivity index (χ1) is 11.7. The standard InChI is InChI=1S/C18H14FNO3S/c1-22-17(21)14-4-2-12(3-5-14)11-24-18-20-10-16(23-18)13-6-8-15(19)9-7-13/h2-10H,11H2,1H3. The summed E-state index contributed by atoms with van der Waals surface area (Å²) in [5.41, 5.74) is 2.33. The molecule has 2 aromatic carbocycles. The van der Waals surface area contributed by atoms with E-state index in [9.17, 15) is 9.18 Å². The zero-order valence-corrected chi connectivity index (χ0v) is 13.7. The maximum absolute atomic E-state index is 12.9. The van der Waals surface area contributed by atoms with Crippen LogP contribution < -0.4 is 0 Å². The Morgan fingerprint density at radius 1 is 1.17 bits per heavy atom. The van der Waals surface area contributed by atoms with Crippen molar-refractivity contribution in [3.8, 4) is 11.3 Å². The molecule has 0 atom stereocenters. The van der Waals surface area contributed by atoms with Crippen LogP contribution >= 0.6 is 11.8 Å². The Kier molecular flexibility index (Phi) is 4.96. The summed E-state index contributed by atoms with van der Waals surface area (Å²) >= 11 is 1.44. The van der Waals surface area contributed by atoms with Gasteiger partial charge >= 0.3 is 5.97 Å². The van der Waals surface area contributed by atoms with Gasteiger partial charge in [-0.3, -0.25) is 0 Å². The molecule has 3 rings (SSSR count). The first-order valence-electron chi connectivity index (χ1n) is 7.17. The Morgan fingerprint density at radius 2 is 1.88 bits per heavy atom. The highest BCUT2D eigenvalue weighted by Crippen LogP contribution is 2.27. The smallest absolute Gasteiger partial charge is 0.337 e. The summed E-state index contributed by atoms with van der Waals surface area (Å²) in [6, 6.07) is 13.2. The van der Waals surface area contributed by atoms with E-state index in [1.807, 2.05) is 12.1 Å². The number of hydrogen-bond donors (Lipinski definition) is 0. The highest BCUT2D eigenvalue weighted by molar-refractivity contribution is 7.98. The number of halogens is 1. The lowest BCUT2D eigenvalue weighted by Crippen LogP contribution is -2.00. The fourth-order valence-electron chi connectivity index (χ4n) is 2.07. The molecule has 0 aliphatic carbocycles. The second-order valence-electron chi connectivity index (χ2n) is 4.97. The van der Waals surface area contributed by atoms with Gasteiger partial charge in [0.15, 0.2) is 5.76 Å². The van der Waals surface area contributed by atoms with Crippen molar-refractivity contribution in [1.29, 1.82) is 0 Å². The average molecular weight is 343 g/mol. The summed E-state index contributed by atoms with van der Waals surface area (Å²) in [4.78, 5) is 15.6. The Balaban J connectivity index is 1.63. The van der Waals surface area contributed by atoms with Gasteiger partial charge in [-0.2, -0.15) is 0 Å². The van der Waals surface area contributed by atoms with Gasteiger partial charge in [0.05, 0.1) is 18.9 Å². The van der Waals surface area contributed by atoms with E-state index in [2.05, 4.69) is 9.72 Å². The largest absolute Gasteiger partial charge is 0.465 e. The SMILES string of the molecule is COC(=O)c1ccc(CSc2ncc(-c3ccc(F)cc3)o2)cc1. The Hall–Kier alpha value is -2.60. The monoisotopic (exact) mass is 343 g/mol. The van der Waals surface area contributed by atoms with Crippen LogP contribution in [0.3, 0.4) is 0 Å². The predicted molar refractivity (Wildman–Crippen MR) is 89.2 cm³/mol. The van der Waals surface area contributed by atoms with Crippen molar-refractivity contribution in [2.45, 2.75) is 11.0 Å². The number of ether oxygens (including phenoxy) is 1. The molecule has 0 bridgehead atoms. The third kappa shape index (κ3) is 3.83. The van der Waals surface area contributed by atoms with Crippen LogP contribution in [0.5, 0.6) is 0 Å². The number of carbonyl (C=O) groups is 1. The minimum atomic E-state index is -0.356. The third-order valence-corrected chi connectivity index (χ3v) is 4.26. The van der Waals surface area contributed by atoms with Gasteiger partial charge in [-0.1, -0.05) is 23.9 Å². The van der Waals surface area contributed by atoms with E-state index in [0.29, 0.717) is 22.3 Å². The average Bonchev–Trinajstić information content (AvgIpc) is 3.09. The maximum Gasteiger partial charge on any atom is 0.337 e. The molecule has 1 aromatic heterocycles. The molecule has 0 spiro atoms. The first-order valence-corrected chi connectivity index (χ1v) is 8.16. The van der Waals surface area contributed by atoms with Crippen LogP contribution in [0.15, 0.2) is 64.4 Å². The van der Waals surface area contributed by atoms with E-state index in [0.717, 1.165) is 11.1 Å². The van der Waals surface area contributed by atoms with Crippen LogP contribution in [0.1, 0.15) is 15.9 Å². The molecule has 0 radical (unpaired) electrons. The number of aromatic nitrogens is 1. The lowest BCUT2D eigenvalue weighted by molar-refractivity contribution is 0.0600. The zero-order valence-electron chi connectivity index (χ0n) is 12.9. The summed E-state index contributed by atoms with van der Waals surface area (Å²) in [5.74, 6) is 0.609. The summed E-state index contributed by atoms with van der Waals surface area (Å²) < 4.78 is 23.3. The first kappa shape index (κ1) is 16.3. The van der Waals surface area contributed by atoms with Crippen molar-refractivity contribution in [2.24, 2.45) is 0 Å². The van der Waals surface area contributed by atoms with Crippen LogP contribution in [0, 0.1) is 5.82 Å². The van der Waals surface area contributed by atoms with E-state index in [1.54, 1.807) is 30.5 Å². The number of oxazole rings is 1. The molecule has 3 aromatic rings. The molecule has 1 heterocycles. The van der Waals surface area contributed by atoms with Crippen molar-refractivity contribution in [3.63, 3.8) is 0 Å². The van der Waals surface area contributed by atoms with Gasteiger partial charge in [0.1, 0.15) is 5.82 Å². The fourth-order valence-corrected chi connectivity index (χ4v) is 2.83.